The van der Waals surface area contributed by atoms with Gasteiger partial charge in [-0.3, -0.25) is 24.2 Å². The number of amides is 2. The van der Waals surface area contributed by atoms with Crippen LogP contribution in [0.25, 0.3) is 15.3 Å². The molecule has 0 spiro atoms. The number of hydrogen-bond acceptors (Lipinski definition) is 9. The molecule has 206 valence electrons. The maximum Gasteiger partial charge on any atom is 0.260 e. The highest BCUT2D eigenvalue weighted by molar-refractivity contribution is 7.21. The Labute approximate surface area is 229 Å². The lowest BCUT2D eigenvalue weighted by atomic mass is 10.1. The fourth-order valence-corrected chi connectivity index (χ4v) is 5.79. The van der Waals surface area contributed by atoms with E-state index in [1.165, 1.54) is 11.3 Å². The molecule has 1 fully saturated rings. The molecule has 4 aromatic rings. The van der Waals surface area contributed by atoms with E-state index < -0.39 is 0 Å². The number of rotatable bonds is 8. The molecule has 0 bridgehead atoms. The van der Waals surface area contributed by atoms with Crippen molar-refractivity contribution in [2.24, 2.45) is 7.05 Å². The van der Waals surface area contributed by atoms with Crippen molar-refractivity contribution in [3.8, 4) is 10.4 Å². The Morgan fingerprint density at radius 1 is 1.21 bits per heavy atom. The van der Waals surface area contributed by atoms with E-state index in [1.54, 1.807) is 47.9 Å². The second kappa shape index (κ2) is 10.8. The smallest absolute Gasteiger partial charge is 0.260 e. The summed E-state index contributed by atoms with van der Waals surface area (Å²) in [7, 11) is 3.49. The van der Waals surface area contributed by atoms with Gasteiger partial charge in [-0.1, -0.05) is 0 Å². The van der Waals surface area contributed by atoms with E-state index in [1.807, 2.05) is 33.3 Å². The first-order chi connectivity index (χ1) is 18.6. The molecule has 2 amide bonds. The molecular formula is C26H32N8O4S. The maximum atomic E-state index is 13.2. The third kappa shape index (κ3) is 6.17. The highest BCUT2D eigenvalue weighted by atomic mass is 32.1. The van der Waals surface area contributed by atoms with Crippen molar-refractivity contribution in [1.82, 2.24) is 29.3 Å². The summed E-state index contributed by atoms with van der Waals surface area (Å²) in [6, 6.07) is 1.71. The highest BCUT2D eigenvalue weighted by Gasteiger charge is 2.34. The van der Waals surface area contributed by atoms with Crippen LogP contribution in [-0.2, 0) is 21.3 Å². The van der Waals surface area contributed by atoms with Crippen LogP contribution in [0, 0.1) is 6.92 Å². The van der Waals surface area contributed by atoms with Gasteiger partial charge in [-0.2, -0.15) is 10.2 Å². The number of nitrogens with one attached hydrogen (secondary N) is 2. The Balaban J connectivity index is 1.26. The Kier molecular flexibility index (Phi) is 7.49. The number of fused-ring (bicyclic) bond motifs is 1. The van der Waals surface area contributed by atoms with Gasteiger partial charge in [0.05, 0.1) is 71.0 Å². The Morgan fingerprint density at radius 3 is 2.77 bits per heavy atom. The molecule has 1 atom stereocenters. The third-order valence-corrected chi connectivity index (χ3v) is 7.48. The van der Waals surface area contributed by atoms with Crippen molar-refractivity contribution in [3.63, 3.8) is 0 Å². The Hall–Kier alpha value is -3.65. The molecule has 4 aromatic heterocycles. The molecule has 39 heavy (non-hydrogen) atoms. The van der Waals surface area contributed by atoms with Gasteiger partial charge in [0.1, 0.15) is 4.83 Å². The molecule has 1 aliphatic rings. The average Bonchev–Trinajstić information content (AvgIpc) is 3.56. The molecule has 0 aliphatic carbocycles. The molecule has 0 radical (unpaired) electrons. The number of carbonyl (C=O) groups is 2. The van der Waals surface area contributed by atoms with Gasteiger partial charge in [0.15, 0.2) is 0 Å². The number of thiazole rings is 1. The van der Waals surface area contributed by atoms with Gasteiger partial charge in [-0.15, -0.1) is 11.3 Å². The van der Waals surface area contributed by atoms with Crippen molar-refractivity contribution in [2.75, 3.05) is 44.0 Å². The van der Waals surface area contributed by atoms with Crippen molar-refractivity contribution in [3.05, 3.63) is 48.3 Å². The first-order valence-corrected chi connectivity index (χ1v) is 13.3. The number of aryl methyl sites for hydroxylation is 2. The zero-order valence-electron chi connectivity index (χ0n) is 22.6. The van der Waals surface area contributed by atoms with E-state index in [9.17, 15) is 9.59 Å². The molecule has 1 unspecified atom stereocenters. The highest BCUT2D eigenvalue weighted by Crippen LogP contribution is 2.30. The van der Waals surface area contributed by atoms with Crippen LogP contribution >= 0.6 is 11.3 Å². The van der Waals surface area contributed by atoms with Crippen LogP contribution in [0.5, 0.6) is 0 Å². The minimum absolute atomic E-state index is 0.103. The van der Waals surface area contributed by atoms with Crippen LogP contribution in [0.3, 0.4) is 0 Å². The monoisotopic (exact) mass is 552 g/mol. The molecule has 12 nitrogen and oxygen atoms in total. The number of anilines is 2. The Morgan fingerprint density at radius 2 is 2.03 bits per heavy atom. The van der Waals surface area contributed by atoms with E-state index in [0.29, 0.717) is 42.3 Å². The van der Waals surface area contributed by atoms with Gasteiger partial charge in [0.25, 0.3) is 5.91 Å². The summed E-state index contributed by atoms with van der Waals surface area (Å²) in [6.07, 6.45) is 8.59. The van der Waals surface area contributed by atoms with Gasteiger partial charge in [-0.05, 0) is 26.8 Å². The molecule has 0 saturated carbocycles. The van der Waals surface area contributed by atoms with Crippen molar-refractivity contribution in [2.45, 2.75) is 32.5 Å². The average molecular weight is 553 g/mol. The quantitative estimate of drug-likeness (QED) is 0.342. The summed E-state index contributed by atoms with van der Waals surface area (Å²) >= 11 is 1.46. The summed E-state index contributed by atoms with van der Waals surface area (Å²) in [6.45, 7) is 7.70. The zero-order chi connectivity index (χ0) is 27.7. The largest absolute Gasteiger partial charge is 0.382 e. The lowest BCUT2D eigenvalue weighted by molar-refractivity contribution is -0.154. The van der Waals surface area contributed by atoms with Crippen LogP contribution in [-0.4, -0.2) is 86.1 Å². The summed E-state index contributed by atoms with van der Waals surface area (Å²) in [5.41, 5.74) is 2.66. The van der Waals surface area contributed by atoms with Crippen LogP contribution in [0.15, 0.2) is 37.1 Å². The zero-order valence-corrected chi connectivity index (χ0v) is 23.4. The molecule has 1 saturated heterocycles. The fourth-order valence-electron chi connectivity index (χ4n) is 4.76. The number of ether oxygens (including phenoxy) is 2. The summed E-state index contributed by atoms with van der Waals surface area (Å²) in [4.78, 5) is 34.2. The molecule has 1 aliphatic heterocycles. The van der Waals surface area contributed by atoms with Gasteiger partial charge in [-0.25, -0.2) is 4.52 Å². The van der Waals surface area contributed by atoms with Crippen LogP contribution in [0.2, 0.25) is 0 Å². The normalized spacial score (nSPS) is 17.4. The maximum absolute atomic E-state index is 13.2. The van der Waals surface area contributed by atoms with Gasteiger partial charge >= 0.3 is 0 Å². The Bertz CT molecular complexity index is 1510. The number of pyridine rings is 1. The SMILES string of the molecule is COCC1CN(CC(=O)Nc2cnc(C)c(NC(=O)c3cnn4cc(-c5cnn(C)c5)sc34)c2)CC(C)(C)O1. The minimum atomic E-state index is -0.384. The molecule has 0 aromatic carbocycles. The van der Waals surface area contributed by atoms with Crippen LogP contribution in [0.1, 0.15) is 29.9 Å². The summed E-state index contributed by atoms with van der Waals surface area (Å²) in [5.74, 6) is -0.482. The lowest BCUT2D eigenvalue weighted by Gasteiger charge is -2.42. The minimum Gasteiger partial charge on any atom is -0.382 e. The molecule has 13 heteroatoms. The number of morpholine rings is 1. The van der Waals surface area contributed by atoms with E-state index in [-0.39, 0.29) is 30.1 Å². The molecular weight excluding hydrogens is 520 g/mol. The van der Waals surface area contributed by atoms with E-state index in [2.05, 4.69) is 30.7 Å². The molecule has 5 rings (SSSR count). The van der Waals surface area contributed by atoms with Gasteiger partial charge in [0, 0.05) is 45.2 Å². The van der Waals surface area contributed by atoms with E-state index in [4.69, 9.17) is 9.47 Å². The first kappa shape index (κ1) is 26.9. The lowest BCUT2D eigenvalue weighted by Crippen LogP contribution is -2.55. The topological polar surface area (TPSA) is 128 Å². The second-order valence-corrected chi connectivity index (χ2v) is 11.3. The standard InChI is InChI=1S/C26H32N8O4S/c1-16-21(31-24(36)20-9-29-34-12-22(39-25(20)34)17-7-28-32(4)10-17)6-18(8-27-16)30-23(35)13-33-11-19(14-37-5)38-26(2,3)15-33/h6-10,12,19H,11,13-15H2,1-5H3,(H,30,35)(H,31,36). The van der Waals surface area contributed by atoms with Gasteiger partial charge in [0.2, 0.25) is 5.91 Å². The predicted molar refractivity (Wildman–Crippen MR) is 148 cm³/mol. The van der Waals surface area contributed by atoms with Crippen molar-refractivity contribution < 1.29 is 19.1 Å². The number of carbonyl (C=O) groups excluding carboxylic acids is 2. The summed E-state index contributed by atoms with van der Waals surface area (Å²) < 4.78 is 14.7. The van der Waals surface area contributed by atoms with Gasteiger partial charge < -0.3 is 20.1 Å². The molecule has 5 heterocycles. The fraction of sp³-hybridized carbons (Fsp3) is 0.423. The van der Waals surface area contributed by atoms with Crippen LogP contribution in [0.4, 0.5) is 11.4 Å². The number of hydrogen-bond donors (Lipinski definition) is 2. The number of methoxy groups -OCH3 is 1. The number of aromatic nitrogens is 5. The predicted octanol–water partition coefficient (Wildman–Crippen LogP) is 2.82. The third-order valence-electron chi connectivity index (χ3n) is 6.32. The second-order valence-electron chi connectivity index (χ2n) is 10.3. The number of nitrogens with zero attached hydrogens (tertiary/aromatic N) is 6. The van der Waals surface area contributed by atoms with E-state index in [0.717, 1.165) is 15.3 Å². The van der Waals surface area contributed by atoms with E-state index >= 15 is 0 Å². The van der Waals surface area contributed by atoms with Crippen molar-refractivity contribution in [1.29, 1.82) is 0 Å². The van der Waals surface area contributed by atoms with Crippen molar-refractivity contribution >= 4 is 39.4 Å². The molecule has 2 N–H and O–H groups in total. The first-order valence-electron chi connectivity index (χ1n) is 12.5. The summed E-state index contributed by atoms with van der Waals surface area (Å²) in [5, 5.41) is 14.4. The van der Waals surface area contributed by atoms with Crippen LogP contribution < -0.4 is 10.6 Å².